The highest BCUT2D eigenvalue weighted by Crippen LogP contribution is 2.42. The Balaban J connectivity index is 2.13. The van der Waals surface area contributed by atoms with Gasteiger partial charge in [0.2, 0.25) is 0 Å². The molecule has 1 aliphatic heterocycles. The number of hydrogen-bond acceptors (Lipinski definition) is 1. The third kappa shape index (κ3) is 2.39. The van der Waals surface area contributed by atoms with Crippen LogP contribution in [0.4, 0.5) is 0 Å². The van der Waals surface area contributed by atoms with Crippen molar-refractivity contribution in [1.82, 2.24) is 0 Å². The van der Waals surface area contributed by atoms with Crippen molar-refractivity contribution in [3.05, 3.63) is 47.5 Å². The van der Waals surface area contributed by atoms with Gasteiger partial charge in [-0.2, -0.15) is 0 Å². The van der Waals surface area contributed by atoms with Crippen molar-refractivity contribution in [3.8, 4) is 11.5 Å². The molecule has 104 valence electrons. The van der Waals surface area contributed by atoms with Gasteiger partial charge < -0.3 is 4.74 Å². The number of ether oxygens (including phenoxy) is 1. The molecule has 0 fully saturated rings. The maximum atomic E-state index is 6.39. The number of hydrogen-bond donors (Lipinski definition) is 0. The first-order valence-electron chi connectivity index (χ1n) is 6.84. The molecule has 2 aromatic rings. The summed E-state index contributed by atoms with van der Waals surface area (Å²) in [5, 5.41) is 2.77. The predicted molar refractivity (Wildman–Crippen MR) is 92.6 cm³/mol. The maximum Gasteiger partial charge on any atom is 0.138 e. The Morgan fingerprint density at radius 2 is 1.20 bits per heavy atom. The second-order valence-electron chi connectivity index (χ2n) is 5.60. The molecule has 1 aliphatic rings. The molecule has 0 aliphatic carbocycles. The lowest BCUT2D eigenvalue weighted by Gasteiger charge is -2.26. The van der Waals surface area contributed by atoms with Crippen LogP contribution in [0.25, 0.3) is 0 Å². The summed E-state index contributed by atoms with van der Waals surface area (Å²) in [6, 6.07) is 13.2. The minimum absolute atomic E-state index is 0.144. The second kappa shape index (κ2) is 5.47. The van der Waals surface area contributed by atoms with Crippen LogP contribution >= 0.6 is 15.8 Å². The molecule has 3 heteroatoms. The summed E-state index contributed by atoms with van der Waals surface area (Å²) in [4.78, 5) is 0. The molecule has 0 aromatic heterocycles. The van der Waals surface area contributed by atoms with Gasteiger partial charge >= 0.3 is 0 Å². The SMILES string of the molecule is CP(C)c1cccc2c1Oc1c(cccc1P(C)C)C2. The van der Waals surface area contributed by atoms with Crippen molar-refractivity contribution in [3.63, 3.8) is 0 Å². The average Bonchev–Trinajstić information content (AvgIpc) is 2.43. The van der Waals surface area contributed by atoms with Crippen molar-refractivity contribution >= 4 is 26.5 Å². The Hall–Kier alpha value is -0.900. The van der Waals surface area contributed by atoms with E-state index in [4.69, 9.17) is 4.74 Å². The lowest BCUT2D eigenvalue weighted by Crippen LogP contribution is -2.17. The third-order valence-corrected chi connectivity index (χ3v) is 6.33. The number of fused-ring (bicyclic) bond motifs is 2. The zero-order valence-electron chi connectivity index (χ0n) is 12.5. The molecule has 0 atom stereocenters. The third-order valence-electron chi connectivity index (χ3n) is 3.70. The van der Waals surface area contributed by atoms with Crippen LogP contribution in [0.2, 0.25) is 0 Å². The fraction of sp³-hybridized carbons (Fsp3) is 0.294. The minimum atomic E-state index is -0.144. The van der Waals surface area contributed by atoms with E-state index in [1.807, 2.05) is 0 Å². The van der Waals surface area contributed by atoms with Crippen molar-refractivity contribution < 1.29 is 4.74 Å². The summed E-state index contributed by atoms with van der Waals surface area (Å²) in [5.41, 5.74) is 2.67. The average molecular weight is 302 g/mol. The Morgan fingerprint density at radius 1 is 0.750 bits per heavy atom. The lowest BCUT2D eigenvalue weighted by molar-refractivity contribution is 0.468. The molecule has 0 N–H and O–H groups in total. The van der Waals surface area contributed by atoms with E-state index in [0.717, 1.165) is 17.9 Å². The van der Waals surface area contributed by atoms with Gasteiger partial charge in [0.05, 0.1) is 0 Å². The van der Waals surface area contributed by atoms with Crippen LogP contribution in [-0.2, 0) is 6.42 Å². The Bertz CT molecular complexity index is 592. The Morgan fingerprint density at radius 3 is 1.60 bits per heavy atom. The van der Waals surface area contributed by atoms with Crippen LogP contribution in [0.5, 0.6) is 11.5 Å². The van der Waals surface area contributed by atoms with Crippen LogP contribution in [-0.4, -0.2) is 26.7 Å². The molecule has 3 rings (SSSR count). The monoisotopic (exact) mass is 302 g/mol. The van der Waals surface area contributed by atoms with Crippen molar-refractivity contribution in [2.75, 3.05) is 26.7 Å². The smallest absolute Gasteiger partial charge is 0.138 e. The van der Waals surface area contributed by atoms with Crippen molar-refractivity contribution in [2.45, 2.75) is 6.42 Å². The van der Waals surface area contributed by atoms with Gasteiger partial charge in [0, 0.05) is 17.0 Å². The van der Waals surface area contributed by atoms with Gasteiger partial charge in [-0.05, 0) is 37.8 Å². The molecule has 0 radical (unpaired) electrons. The highest BCUT2D eigenvalue weighted by molar-refractivity contribution is 7.64. The normalized spacial score (nSPS) is 13.1. The quantitative estimate of drug-likeness (QED) is 0.647. The zero-order chi connectivity index (χ0) is 14.3. The molecule has 1 nitrogen and oxygen atoms in total. The zero-order valence-corrected chi connectivity index (χ0v) is 14.3. The van der Waals surface area contributed by atoms with Gasteiger partial charge in [0.1, 0.15) is 11.5 Å². The van der Waals surface area contributed by atoms with E-state index in [1.54, 1.807) is 0 Å². The number of benzene rings is 2. The molecule has 0 spiro atoms. The highest BCUT2D eigenvalue weighted by Gasteiger charge is 2.23. The molecular formula is C17H20OP2. The van der Waals surface area contributed by atoms with Crippen LogP contribution in [0, 0.1) is 0 Å². The van der Waals surface area contributed by atoms with Crippen molar-refractivity contribution in [2.24, 2.45) is 0 Å². The molecule has 0 saturated carbocycles. The van der Waals surface area contributed by atoms with Crippen LogP contribution < -0.4 is 15.3 Å². The molecule has 2 aromatic carbocycles. The van der Waals surface area contributed by atoms with E-state index < -0.39 is 0 Å². The predicted octanol–water partition coefficient (Wildman–Crippen LogP) is 4.12. The summed E-state index contributed by atoms with van der Waals surface area (Å²) >= 11 is 0. The Labute approximate surface area is 123 Å². The summed E-state index contributed by atoms with van der Waals surface area (Å²) in [5.74, 6) is 2.25. The molecule has 20 heavy (non-hydrogen) atoms. The van der Waals surface area contributed by atoms with Crippen LogP contribution in [0.3, 0.4) is 0 Å². The standard InChI is InChI=1S/C17H20OP2/c1-19(2)14-9-5-7-12-11-13-8-6-10-15(20(3)4)17(13)18-16(12)14/h5-10H,11H2,1-4H3. The summed E-state index contributed by atoms with van der Waals surface area (Å²) < 4.78 is 6.39. The molecule has 0 saturated heterocycles. The van der Waals surface area contributed by atoms with E-state index in [2.05, 4.69) is 63.1 Å². The number of rotatable bonds is 2. The van der Waals surface area contributed by atoms with Gasteiger partial charge in [-0.15, -0.1) is 0 Å². The van der Waals surface area contributed by atoms with E-state index in [0.29, 0.717) is 0 Å². The van der Waals surface area contributed by atoms with E-state index in [1.165, 1.54) is 21.7 Å². The van der Waals surface area contributed by atoms with E-state index >= 15 is 0 Å². The van der Waals surface area contributed by atoms with E-state index in [-0.39, 0.29) is 15.8 Å². The molecule has 0 unspecified atom stereocenters. The summed E-state index contributed by atoms with van der Waals surface area (Å²) in [6.45, 7) is 9.18. The molecule has 0 bridgehead atoms. The maximum absolute atomic E-state index is 6.39. The van der Waals surface area contributed by atoms with Gasteiger partial charge in [-0.3, -0.25) is 0 Å². The molecule has 1 heterocycles. The second-order valence-corrected chi connectivity index (χ2v) is 10.1. The number of para-hydroxylation sites is 2. The molecular weight excluding hydrogens is 282 g/mol. The summed E-state index contributed by atoms with van der Waals surface area (Å²) in [6.07, 6.45) is 0.999. The van der Waals surface area contributed by atoms with Crippen LogP contribution in [0.15, 0.2) is 36.4 Å². The van der Waals surface area contributed by atoms with Crippen LogP contribution in [0.1, 0.15) is 11.1 Å². The van der Waals surface area contributed by atoms with Gasteiger partial charge in [0.15, 0.2) is 0 Å². The first kappa shape index (κ1) is 14.1. The van der Waals surface area contributed by atoms with Crippen molar-refractivity contribution in [1.29, 1.82) is 0 Å². The highest BCUT2D eigenvalue weighted by atomic mass is 31.1. The van der Waals surface area contributed by atoms with Gasteiger partial charge in [0.25, 0.3) is 0 Å². The minimum Gasteiger partial charge on any atom is -0.455 e. The van der Waals surface area contributed by atoms with Gasteiger partial charge in [-0.1, -0.05) is 52.2 Å². The largest absolute Gasteiger partial charge is 0.455 e. The summed E-state index contributed by atoms with van der Waals surface area (Å²) in [7, 11) is -0.288. The topological polar surface area (TPSA) is 9.23 Å². The van der Waals surface area contributed by atoms with E-state index in [9.17, 15) is 0 Å². The lowest BCUT2D eigenvalue weighted by atomic mass is 10.0. The van der Waals surface area contributed by atoms with Gasteiger partial charge in [-0.25, -0.2) is 0 Å². The molecule has 0 amide bonds. The first-order chi connectivity index (χ1) is 9.58. The fourth-order valence-corrected chi connectivity index (χ4v) is 4.63. The Kier molecular flexibility index (Phi) is 3.85. The fourth-order valence-electron chi connectivity index (χ4n) is 2.67. The first-order valence-corrected chi connectivity index (χ1v) is 11.3.